The molecule has 5 aromatic rings. The van der Waals surface area contributed by atoms with Crippen LogP contribution in [0.25, 0.3) is 44.1 Å². The van der Waals surface area contributed by atoms with Crippen molar-refractivity contribution in [3.05, 3.63) is 79.0 Å². The maximum Gasteiger partial charge on any atom is 0.0972 e. The molecule has 5 rings (SSSR count). The fourth-order valence-corrected chi connectivity index (χ4v) is 3.08. The van der Waals surface area contributed by atoms with Gasteiger partial charge in [-0.25, -0.2) is 9.97 Å². The molecular weight excluding hydrogens is 380 g/mol. The Morgan fingerprint density at radius 2 is 1.16 bits per heavy atom. The number of hydrogen-bond acceptors (Lipinski definition) is 3. The minimum Gasteiger partial charge on any atom is -0.254 e. The van der Waals surface area contributed by atoms with E-state index in [0.717, 1.165) is 44.1 Å². The van der Waals surface area contributed by atoms with Crippen molar-refractivity contribution < 1.29 is 0 Å². The first-order valence-corrected chi connectivity index (χ1v) is 7.89. The first-order chi connectivity index (χ1) is 11.9. The summed E-state index contributed by atoms with van der Waals surface area (Å²) in [7, 11) is 0. The van der Waals surface area contributed by atoms with Gasteiger partial charge in [0.25, 0.3) is 0 Å². The fourth-order valence-electron chi connectivity index (χ4n) is 3.08. The Labute approximate surface area is 193 Å². The van der Waals surface area contributed by atoms with E-state index in [9.17, 15) is 0 Å². The third kappa shape index (κ3) is 3.06. The largest absolute Gasteiger partial charge is 0.254 e. The molecule has 0 bridgehead atoms. The van der Waals surface area contributed by atoms with Crippen LogP contribution in [0.3, 0.4) is 0 Å². The molecule has 3 nitrogen and oxygen atoms in total. The van der Waals surface area contributed by atoms with Gasteiger partial charge in [-0.3, -0.25) is 4.98 Å². The second kappa shape index (κ2) is 7.00. The van der Waals surface area contributed by atoms with Crippen molar-refractivity contribution in [3.8, 4) is 11.4 Å². The molecule has 2 aromatic carbocycles. The van der Waals surface area contributed by atoms with E-state index in [1.165, 1.54) is 0 Å². The van der Waals surface area contributed by atoms with Gasteiger partial charge in [-0.05, 0) is 24.3 Å². The number of benzene rings is 2. The predicted octanol–water partition coefficient (Wildman–Crippen LogP) is 4.35. The summed E-state index contributed by atoms with van der Waals surface area (Å²) in [6.45, 7) is 0. The SMILES string of the molecule is [RbH].c1ccc2nc(-c3ccc4ccc5cccnc5c4n3)ccc2c1. The molecule has 0 fully saturated rings. The van der Waals surface area contributed by atoms with Crippen LogP contribution in [0, 0.1) is 0 Å². The summed E-state index contributed by atoms with van der Waals surface area (Å²) in [4.78, 5) is 14.1. The molecule has 3 heterocycles. The Hall–Kier alpha value is -1.52. The Morgan fingerprint density at radius 1 is 0.520 bits per heavy atom. The molecule has 0 N–H and O–H groups in total. The summed E-state index contributed by atoms with van der Waals surface area (Å²) < 4.78 is 0. The van der Waals surface area contributed by atoms with Crippen LogP contribution in [0.1, 0.15) is 0 Å². The van der Waals surface area contributed by atoms with Crippen molar-refractivity contribution in [2.45, 2.75) is 0 Å². The Bertz CT molecular complexity index is 1220. The maximum atomic E-state index is 4.86. The van der Waals surface area contributed by atoms with E-state index in [1.807, 2.05) is 42.6 Å². The summed E-state index contributed by atoms with van der Waals surface area (Å²) >= 11 is 0. The van der Waals surface area contributed by atoms with Gasteiger partial charge in [0, 0.05) is 22.4 Å². The standard InChI is InChI=1S/C21H13N3.Rb.H/c1-2-6-17-14(4-1)9-11-18(23-17)19-12-10-16-8-7-15-5-3-13-22-20(15)21(16)24-19;;/h1-13H;;. The number of nitrogens with zero attached hydrogens (tertiary/aromatic N) is 3. The van der Waals surface area contributed by atoms with E-state index in [1.54, 1.807) is 0 Å². The van der Waals surface area contributed by atoms with Crippen LogP contribution >= 0.6 is 0 Å². The van der Waals surface area contributed by atoms with Gasteiger partial charge in [-0.2, -0.15) is 0 Å². The zero-order chi connectivity index (χ0) is 15.9. The van der Waals surface area contributed by atoms with E-state index >= 15 is 0 Å². The van der Waals surface area contributed by atoms with Crippen LogP contribution in [-0.2, 0) is 0 Å². The molecule has 0 aliphatic heterocycles. The molecule has 0 unspecified atom stereocenters. The van der Waals surface area contributed by atoms with Crippen molar-refractivity contribution >= 4 is 90.9 Å². The topological polar surface area (TPSA) is 38.7 Å². The number of rotatable bonds is 1. The van der Waals surface area contributed by atoms with Crippen molar-refractivity contribution in [2.24, 2.45) is 0 Å². The smallest absolute Gasteiger partial charge is 0.0972 e. The molecule has 25 heavy (non-hydrogen) atoms. The van der Waals surface area contributed by atoms with Crippen LogP contribution in [0.2, 0.25) is 0 Å². The van der Waals surface area contributed by atoms with Gasteiger partial charge in [0.1, 0.15) is 0 Å². The van der Waals surface area contributed by atoms with Crippen LogP contribution in [0.4, 0.5) is 0 Å². The maximum absolute atomic E-state index is 4.86. The van der Waals surface area contributed by atoms with Gasteiger partial charge in [-0.15, -0.1) is 0 Å². The minimum atomic E-state index is 0. The first kappa shape index (κ1) is 16.9. The third-order valence-electron chi connectivity index (χ3n) is 4.29. The molecule has 114 valence electrons. The van der Waals surface area contributed by atoms with Crippen molar-refractivity contribution in [2.75, 3.05) is 0 Å². The second-order valence-corrected chi connectivity index (χ2v) is 5.80. The fraction of sp³-hybridized carbons (Fsp3) is 0. The number of para-hydroxylation sites is 1. The van der Waals surface area contributed by atoms with Crippen LogP contribution in [0.5, 0.6) is 0 Å². The molecule has 4 heteroatoms. The van der Waals surface area contributed by atoms with Gasteiger partial charge < -0.3 is 0 Å². The molecular formula is C21H14N3Rb. The van der Waals surface area contributed by atoms with E-state index < -0.39 is 0 Å². The number of aromatic nitrogens is 3. The molecule has 3 aromatic heterocycles. The molecule has 0 saturated heterocycles. The number of fused-ring (bicyclic) bond motifs is 4. The van der Waals surface area contributed by atoms with Crippen LogP contribution < -0.4 is 0 Å². The van der Waals surface area contributed by atoms with E-state index in [2.05, 4.69) is 41.4 Å². The molecule has 0 spiro atoms. The summed E-state index contributed by atoms with van der Waals surface area (Å²) in [6, 6.07) is 24.5. The van der Waals surface area contributed by atoms with Gasteiger partial charge >= 0.3 is 58.2 Å². The van der Waals surface area contributed by atoms with Gasteiger partial charge in [0.2, 0.25) is 0 Å². The zero-order valence-corrected chi connectivity index (χ0v) is 12.8. The van der Waals surface area contributed by atoms with E-state index in [4.69, 9.17) is 9.97 Å². The summed E-state index contributed by atoms with van der Waals surface area (Å²) in [5.41, 5.74) is 4.57. The van der Waals surface area contributed by atoms with Crippen LogP contribution in [-0.4, -0.2) is 73.1 Å². The molecule has 0 aliphatic carbocycles. The monoisotopic (exact) mass is 393 g/mol. The Morgan fingerprint density at radius 3 is 2.04 bits per heavy atom. The summed E-state index contributed by atoms with van der Waals surface area (Å²) in [6.07, 6.45) is 1.81. The first-order valence-electron chi connectivity index (χ1n) is 7.89. The van der Waals surface area contributed by atoms with Crippen LogP contribution in [0.15, 0.2) is 79.0 Å². The summed E-state index contributed by atoms with van der Waals surface area (Å²) in [5, 5.41) is 3.32. The quantitative estimate of drug-likeness (QED) is 0.397. The van der Waals surface area contributed by atoms with E-state index in [-0.39, 0.29) is 58.2 Å². The number of pyridine rings is 3. The van der Waals surface area contributed by atoms with Crippen molar-refractivity contribution in [1.82, 2.24) is 15.0 Å². The average Bonchev–Trinajstić information content (AvgIpc) is 2.67. The molecule has 0 radical (unpaired) electrons. The van der Waals surface area contributed by atoms with E-state index in [0.29, 0.717) is 0 Å². The van der Waals surface area contributed by atoms with Gasteiger partial charge in [0.15, 0.2) is 0 Å². The van der Waals surface area contributed by atoms with Crippen molar-refractivity contribution in [3.63, 3.8) is 0 Å². The average molecular weight is 394 g/mol. The van der Waals surface area contributed by atoms with Gasteiger partial charge in [0.05, 0.1) is 27.9 Å². The molecule has 0 amide bonds. The number of hydrogen-bond donors (Lipinski definition) is 0. The van der Waals surface area contributed by atoms with Gasteiger partial charge in [-0.1, -0.05) is 48.5 Å². The molecule has 0 atom stereocenters. The third-order valence-corrected chi connectivity index (χ3v) is 4.29. The second-order valence-electron chi connectivity index (χ2n) is 5.80. The Kier molecular flexibility index (Phi) is 4.74. The zero-order valence-electron chi connectivity index (χ0n) is 12.8. The normalized spacial score (nSPS) is 10.9. The van der Waals surface area contributed by atoms with Crippen molar-refractivity contribution in [1.29, 1.82) is 0 Å². The Balaban J connectivity index is 0.00000157. The summed E-state index contributed by atoms with van der Waals surface area (Å²) in [5.74, 6) is 0. The molecule has 0 aliphatic rings. The minimum absolute atomic E-state index is 0. The molecule has 0 saturated carbocycles. The predicted molar refractivity (Wildman–Crippen MR) is 105 cm³/mol.